The van der Waals surface area contributed by atoms with E-state index in [1.807, 2.05) is 49.8 Å². The molecule has 0 unspecified atom stereocenters. The maximum atomic E-state index is 12.5. The number of hydrogen-bond donors (Lipinski definition) is 1. The van der Waals surface area contributed by atoms with Gasteiger partial charge in [-0.1, -0.05) is 60.2 Å². The minimum absolute atomic E-state index is 0.121. The molecule has 0 saturated heterocycles. The van der Waals surface area contributed by atoms with Gasteiger partial charge in [-0.05, 0) is 26.6 Å². The molecule has 26 heavy (non-hydrogen) atoms. The van der Waals surface area contributed by atoms with Crippen LogP contribution < -0.4 is 5.32 Å². The van der Waals surface area contributed by atoms with Crippen molar-refractivity contribution in [1.29, 1.82) is 0 Å². The van der Waals surface area contributed by atoms with Gasteiger partial charge in [0, 0.05) is 17.5 Å². The predicted molar refractivity (Wildman–Crippen MR) is 107 cm³/mol. The van der Waals surface area contributed by atoms with Crippen molar-refractivity contribution in [3.05, 3.63) is 76.8 Å². The molecule has 0 radical (unpaired) electrons. The van der Waals surface area contributed by atoms with Crippen LogP contribution in [0.3, 0.4) is 0 Å². The van der Waals surface area contributed by atoms with E-state index in [0.29, 0.717) is 12.2 Å². The molecule has 134 valence electrons. The Labute approximate surface area is 158 Å². The van der Waals surface area contributed by atoms with E-state index in [0.717, 1.165) is 10.6 Å². The molecule has 3 rings (SSSR count). The van der Waals surface area contributed by atoms with Crippen LogP contribution in [-0.4, -0.2) is 36.4 Å². The average Bonchev–Trinajstić information content (AvgIpc) is 3.13. The second kappa shape index (κ2) is 8.25. The molecule has 0 aliphatic rings. The van der Waals surface area contributed by atoms with Gasteiger partial charge in [-0.25, -0.2) is 4.98 Å². The molecule has 0 fully saturated rings. The van der Waals surface area contributed by atoms with Crippen molar-refractivity contribution in [3.8, 4) is 10.6 Å². The molecule has 5 heteroatoms. The van der Waals surface area contributed by atoms with Gasteiger partial charge in [-0.2, -0.15) is 0 Å². The summed E-state index contributed by atoms with van der Waals surface area (Å²) in [7, 11) is 4.03. The van der Waals surface area contributed by atoms with Crippen molar-refractivity contribution in [1.82, 2.24) is 15.2 Å². The molecule has 3 aromatic rings. The average molecular weight is 366 g/mol. The van der Waals surface area contributed by atoms with Crippen LogP contribution in [0.1, 0.15) is 27.7 Å². The topological polar surface area (TPSA) is 45.2 Å². The zero-order valence-corrected chi connectivity index (χ0v) is 16.1. The summed E-state index contributed by atoms with van der Waals surface area (Å²) in [6.45, 7) is 2.59. The van der Waals surface area contributed by atoms with Crippen molar-refractivity contribution < 1.29 is 4.79 Å². The lowest BCUT2D eigenvalue weighted by atomic mass is 10.1. The number of carbonyl (C=O) groups excluding carboxylic acids is 1. The number of aromatic nitrogens is 1. The summed E-state index contributed by atoms with van der Waals surface area (Å²) >= 11 is 1.49. The fourth-order valence-corrected chi connectivity index (χ4v) is 3.57. The summed E-state index contributed by atoms with van der Waals surface area (Å²) < 4.78 is 0. The van der Waals surface area contributed by atoms with Crippen LogP contribution in [0.4, 0.5) is 0 Å². The molecule has 4 nitrogen and oxygen atoms in total. The standard InChI is InChI=1S/C21H23N3OS/c1-15-9-11-17(12-10-15)21-23-18(14-26-21)20(25)22-13-19(24(2)3)16-7-5-4-6-8-16/h4-12,14,19H,13H2,1-3H3,(H,22,25)/t19-/m1/s1. The Morgan fingerprint density at radius 2 is 1.81 bits per heavy atom. The number of carbonyl (C=O) groups is 1. The van der Waals surface area contributed by atoms with E-state index in [1.165, 1.54) is 22.5 Å². The lowest BCUT2D eigenvalue weighted by Crippen LogP contribution is -2.34. The first-order chi connectivity index (χ1) is 12.5. The van der Waals surface area contributed by atoms with Crippen molar-refractivity contribution in [2.24, 2.45) is 0 Å². The van der Waals surface area contributed by atoms with E-state index in [4.69, 9.17) is 0 Å². The number of thiazole rings is 1. The monoisotopic (exact) mass is 365 g/mol. The van der Waals surface area contributed by atoms with Crippen LogP contribution in [0.5, 0.6) is 0 Å². The van der Waals surface area contributed by atoms with Crippen LogP contribution in [-0.2, 0) is 0 Å². The normalized spacial score (nSPS) is 12.2. The Morgan fingerprint density at radius 3 is 2.46 bits per heavy atom. The third kappa shape index (κ3) is 4.36. The third-order valence-electron chi connectivity index (χ3n) is 4.30. The second-order valence-corrected chi connectivity index (χ2v) is 7.36. The molecular formula is C21H23N3OS. The number of nitrogens with one attached hydrogen (secondary N) is 1. The number of amides is 1. The van der Waals surface area contributed by atoms with Crippen molar-refractivity contribution in [2.75, 3.05) is 20.6 Å². The molecule has 0 bridgehead atoms. The molecule has 1 atom stereocenters. The lowest BCUT2D eigenvalue weighted by molar-refractivity contribution is 0.0937. The zero-order chi connectivity index (χ0) is 18.5. The number of rotatable bonds is 6. The molecule has 0 spiro atoms. The maximum Gasteiger partial charge on any atom is 0.270 e. The van der Waals surface area contributed by atoms with Crippen LogP contribution in [0.2, 0.25) is 0 Å². The van der Waals surface area contributed by atoms with Crippen LogP contribution in [0, 0.1) is 6.92 Å². The quantitative estimate of drug-likeness (QED) is 0.714. The maximum absolute atomic E-state index is 12.5. The summed E-state index contributed by atoms with van der Waals surface area (Å²) in [5.41, 5.74) is 3.89. The molecule has 0 aliphatic carbocycles. The van der Waals surface area contributed by atoms with Gasteiger partial charge in [0.1, 0.15) is 10.7 Å². The van der Waals surface area contributed by atoms with Crippen molar-refractivity contribution >= 4 is 17.2 Å². The van der Waals surface area contributed by atoms with Gasteiger partial charge in [0.15, 0.2) is 0 Å². The summed E-state index contributed by atoms with van der Waals surface area (Å²) in [6.07, 6.45) is 0. The summed E-state index contributed by atoms with van der Waals surface area (Å²) in [6, 6.07) is 18.5. The number of benzene rings is 2. The molecular weight excluding hydrogens is 342 g/mol. The summed E-state index contributed by atoms with van der Waals surface area (Å²) in [5, 5.41) is 5.70. The number of nitrogens with zero attached hydrogens (tertiary/aromatic N) is 2. The van der Waals surface area contributed by atoms with Crippen molar-refractivity contribution in [2.45, 2.75) is 13.0 Å². The van der Waals surface area contributed by atoms with Gasteiger partial charge < -0.3 is 10.2 Å². The van der Waals surface area contributed by atoms with Gasteiger partial charge in [0.2, 0.25) is 0 Å². The first-order valence-corrected chi connectivity index (χ1v) is 9.44. The first kappa shape index (κ1) is 18.3. The highest BCUT2D eigenvalue weighted by Gasteiger charge is 2.17. The smallest absolute Gasteiger partial charge is 0.270 e. The van der Waals surface area contributed by atoms with Gasteiger partial charge in [-0.15, -0.1) is 11.3 Å². The molecule has 1 aromatic heterocycles. The molecule has 0 aliphatic heterocycles. The minimum Gasteiger partial charge on any atom is -0.349 e. The Kier molecular flexibility index (Phi) is 5.81. The molecule has 0 saturated carbocycles. The van der Waals surface area contributed by atoms with Gasteiger partial charge in [-0.3, -0.25) is 4.79 Å². The van der Waals surface area contributed by atoms with Crippen LogP contribution >= 0.6 is 11.3 Å². The van der Waals surface area contributed by atoms with Crippen molar-refractivity contribution in [3.63, 3.8) is 0 Å². The number of hydrogen-bond acceptors (Lipinski definition) is 4. The van der Waals surface area contributed by atoms with Crippen LogP contribution in [0.15, 0.2) is 60.0 Å². The van der Waals surface area contributed by atoms with E-state index in [2.05, 4.69) is 46.4 Å². The Hall–Kier alpha value is -2.50. The lowest BCUT2D eigenvalue weighted by Gasteiger charge is -2.24. The number of likely N-dealkylation sites (N-methyl/N-ethyl adjacent to an activating group) is 1. The Morgan fingerprint density at radius 1 is 1.12 bits per heavy atom. The van der Waals surface area contributed by atoms with E-state index in [-0.39, 0.29) is 11.9 Å². The summed E-state index contributed by atoms with van der Waals surface area (Å²) in [4.78, 5) is 19.1. The van der Waals surface area contributed by atoms with Gasteiger partial charge in [0.05, 0.1) is 6.04 Å². The molecule has 2 aromatic carbocycles. The highest BCUT2D eigenvalue weighted by molar-refractivity contribution is 7.13. The Bertz CT molecular complexity index is 856. The predicted octanol–water partition coefficient (Wildman–Crippen LogP) is 4.15. The fourth-order valence-electron chi connectivity index (χ4n) is 2.76. The second-order valence-electron chi connectivity index (χ2n) is 6.50. The zero-order valence-electron chi connectivity index (χ0n) is 15.3. The highest BCUT2D eigenvalue weighted by atomic mass is 32.1. The molecule has 1 heterocycles. The highest BCUT2D eigenvalue weighted by Crippen LogP contribution is 2.24. The molecule has 1 amide bonds. The largest absolute Gasteiger partial charge is 0.349 e. The van der Waals surface area contributed by atoms with E-state index in [1.54, 1.807) is 0 Å². The van der Waals surface area contributed by atoms with E-state index in [9.17, 15) is 4.79 Å². The SMILES string of the molecule is Cc1ccc(-c2nc(C(=O)NC[C@H](c3ccccc3)N(C)C)cs2)cc1. The number of aryl methyl sites for hydroxylation is 1. The minimum atomic E-state index is -0.137. The first-order valence-electron chi connectivity index (χ1n) is 8.56. The summed E-state index contributed by atoms with van der Waals surface area (Å²) in [5.74, 6) is -0.137. The van der Waals surface area contributed by atoms with E-state index < -0.39 is 0 Å². The van der Waals surface area contributed by atoms with Crippen LogP contribution in [0.25, 0.3) is 10.6 Å². The van der Waals surface area contributed by atoms with Gasteiger partial charge in [0.25, 0.3) is 5.91 Å². The Balaban J connectivity index is 1.67. The third-order valence-corrected chi connectivity index (χ3v) is 5.19. The fraction of sp³-hybridized carbons (Fsp3) is 0.238. The molecule has 1 N–H and O–H groups in total. The van der Waals surface area contributed by atoms with E-state index >= 15 is 0 Å². The van der Waals surface area contributed by atoms with Gasteiger partial charge >= 0.3 is 0 Å².